The standard InChI is InChI=1S/C14H14Cl2N4O2S/c1-7(2)22-12-10(15)4-9(5-11(12)16)6-17-20-13(21)8(3)18-19-14(20)23/h4-7H,1-3H3,(H,19,23)/b17-6-. The van der Waals surface area contributed by atoms with Crippen LogP contribution in [0.4, 0.5) is 0 Å². The van der Waals surface area contributed by atoms with Crippen LogP contribution in [0.2, 0.25) is 10.0 Å². The van der Waals surface area contributed by atoms with Crippen molar-refractivity contribution >= 4 is 41.6 Å². The Kier molecular flexibility index (Phi) is 5.56. The lowest BCUT2D eigenvalue weighted by molar-refractivity contribution is 0.243. The van der Waals surface area contributed by atoms with Crippen molar-refractivity contribution in [1.29, 1.82) is 0 Å². The zero-order valence-corrected chi connectivity index (χ0v) is 15.0. The van der Waals surface area contributed by atoms with Crippen LogP contribution in [0.3, 0.4) is 0 Å². The molecular formula is C14H14Cl2N4O2S. The van der Waals surface area contributed by atoms with Gasteiger partial charge in [-0.05, 0) is 50.7 Å². The molecule has 23 heavy (non-hydrogen) atoms. The van der Waals surface area contributed by atoms with E-state index in [1.807, 2.05) is 13.8 Å². The molecule has 0 radical (unpaired) electrons. The van der Waals surface area contributed by atoms with Crippen LogP contribution in [0, 0.1) is 11.7 Å². The second-order valence-electron chi connectivity index (χ2n) is 4.96. The van der Waals surface area contributed by atoms with Gasteiger partial charge in [0.15, 0.2) is 5.75 Å². The van der Waals surface area contributed by atoms with Crippen LogP contribution in [-0.2, 0) is 0 Å². The predicted molar refractivity (Wildman–Crippen MR) is 93.6 cm³/mol. The van der Waals surface area contributed by atoms with Crippen LogP contribution in [0.25, 0.3) is 0 Å². The minimum absolute atomic E-state index is 0.0544. The Bertz CT molecular complexity index is 851. The maximum Gasteiger partial charge on any atom is 0.296 e. The first-order chi connectivity index (χ1) is 10.8. The van der Waals surface area contributed by atoms with Gasteiger partial charge in [0.05, 0.1) is 22.4 Å². The van der Waals surface area contributed by atoms with Crippen molar-refractivity contribution in [2.45, 2.75) is 26.9 Å². The number of benzene rings is 1. The highest BCUT2D eigenvalue weighted by molar-refractivity contribution is 7.71. The molecule has 1 N–H and O–H groups in total. The summed E-state index contributed by atoms with van der Waals surface area (Å²) >= 11 is 17.3. The zero-order valence-electron chi connectivity index (χ0n) is 12.6. The summed E-state index contributed by atoms with van der Waals surface area (Å²) in [5, 5.41) is 11.1. The van der Waals surface area contributed by atoms with Crippen LogP contribution >= 0.6 is 35.4 Å². The number of H-pyrrole nitrogens is 1. The maximum atomic E-state index is 11.9. The first-order valence-corrected chi connectivity index (χ1v) is 7.84. The van der Waals surface area contributed by atoms with E-state index >= 15 is 0 Å². The molecule has 0 aliphatic rings. The van der Waals surface area contributed by atoms with E-state index in [4.69, 9.17) is 40.2 Å². The van der Waals surface area contributed by atoms with Gasteiger partial charge in [0.2, 0.25) is 4.77 Å². The molecule has 0 amide bonds. The molecular weight excluding hydrogens is 359 g/mol. The zero-order chi connectivity index (χ0) is 17.1. The molecule has 1 heterocycles. The summed E-state index contributed by atoms with van der Waals surface area (Å²) in [6.45, 7) is 5.31. The molecule has 0 spiro atoms. The number of halogens is 2. The van der Waals surface area contributed by atoms with E-state index < -0.39 is 5.56 Å². The predicted octanol–water partition coefficient (Wildman–Crippen LogP) is 3.59. The largest absolute Gasteiger partial charge is 0.488 e. The van der Waals surface area contributed by atoms with Crippen molar-refractivity contribution < 1.29 is 4.74 Å². The Morgan fingerprint density at radius 2 is 2.00 bits per heavy atom. The molecule has 0 atom stereocenters. The molecule has 0 bridgehead atoms. The van der Waals surface area contributed by atoms with Gasteiger partial charge < -0.3 is 4.74 Å². The SMILES string of the molecule is Cc1n[nH]c(=S)n(/N=C\c2cc(Cl)c(OC(C)C)c(Cl)c2)c1=O. The average Bonchev–Trinajstić information content (AvgIpc) is 2.47. The number of aryl methyl sites for hydroxylation is 1. The number of nitrogens with one attached hydrogen (secondary N) is 1. The Morgan fingerprint density at radius 3 is 2.57 bits per heavy atom. The van der Waals surface area contributed by atoms with Crippen molar-refractivity contribution in [3.8, 4) is 5.75 Å². The number of hydrogen-bond donors (Lipinski definition) is 1. The maximum absolute atomic E-state index is 11.9. The van der Waals surface area contributed by atoms with E-state index in [0.717, 1.165) is 4.68 Å². The van der Waals surface area contributed by atoms with Crippen molar-refractivity contribution in [3.05, 3.63) is 48.6 Å². The molecule has 0 aliphatic carbocycles. The van der Waals surface area contributed by atoms with Crippen LogP contribution in [0.1, 0.15) is 25.1 Å². The summed E-state index contributed by atoms with van der Waals surface area (Å²) in [7, 11) is 0. The quantitative estimate of drug-likeness (QED) is 0.657. The fraction of sp³-hybridized carbons (Fsp3) is 0.286. The molecule has 0 fully saturated rings. The van der Waals surface area contributed by atoms with Gasteiger partial charge in [0, 0.05) is 0 Å². The summed E-state index contributed by atoms with van der Waals surface area (Å²) < 4.78 is 6.69. The summed E-state index contributed by atoms with van der Waals surface area (Å²) in [5.41, 5.74) is 0.460. The highest BCUT2D eigenvalue weighted by atomic mass is 35.5. The molecule has 0 saturated heterocycles. The number of rotatable bonds is 4. The number of hydrogen-bond acceptors (Lipinski definition) is 5. The Labute approximate surface area is 147 Å². The van der Waals surface area contributed by atoms with Gasteiger partial charge >= 0.3 is 0 Å². The Balaban J connectivity index is 2.40. The number of aromatic amines is 1. The number of ether oxygens (including phenoxy) is 1. The topological polar surface area (TPSA) is 72.3 Å². The van der Waals surface area contributed by atoms with E-state index in [1.54, 1.807) is 19.1 Å². The minimum Gasteiger partial charge on any atom is -0.488 e. The first-order valence-electron chi connectivity index (χ1n) is 6.68. The lowest BCUT2D eigenvalue weighted by atomic mass is 10.2. The van der Waals surface area contributed by atoms with Crippen LogP contribution in [0.5, 0.6) is 5.75 Å². The summed E-state index contributed by atoms with van der Waals surface area (Å²) in [6, 6.07) is 3.28. The Morgan fingerprint density at radius 1 is 1.39 bits per heavy atom. The van der Waals surface area contributed by atoms with Crippen molar-refractivity contribution in [3.63, 3.8) is 0 Å². The molecule has 0 aliphatic heterocycles. The van der Waals surface area contributed by atoms with Gasteiger partial charge in [-0.3, -0.25) is 9.89 Å². The third-order valence-electron chi connectivity index (χ3n) is 2.71. The van der Waals surface area contributed by atoms with Gasteiger partial charge in [-0.25, -0.2) is 0 Å². The third kappa shape index (κ3) is 4.19. The monoisotopic (exact) mass is 372 g/mol. The molecule has 9 heteroatoms. The average molecular weight is 373 g/mol. The summed E-state index contributed by atoms with van der Waals surface area (Å²) in [5.74, 6) is 0.412. The molecule has 0 saturated carbocycles. The minimum atomic E-state index is -0.401. The van der Waals surface area contributed by atoms with Gasteiger partial charge in [0.1, 0.15) is 5.69 Å². The molecule has 6 nitrogen and oxygen atoms in total. The molecule has 2 rings (SSSR count). The first kappa shape index (κ1) is 17.7. The third-order valence-corrected chi connectivity index (χ3v) is 3.54. The van der Waals surface area contributed by atoms with Gasteiger partial charge in [-0.1, -0.05) is 23.2 Å². The van der Waals surface area contributed by atoms with E-state index in [2.05, 4.69) is 15.3 Å². The van der Waals surface area contributed by atoms with Gasteiger partial charge in [-0.15, -0.1) is 0 Å². The van der Waals surface area contributed by atoms with E-state index in [0.29, 0.717) is 21.4 Å². The fourth-order valence-electron chi connectivity index (χ4n) is 1.70. The van der Waals surface area contributed by atoms with E-state index in [-0.39, 0.29) is 16.6 Å². The molecule has 1 aromatic carbocycles. The van der Waals surface area contributed by atoms with Crippen molar-refractivity contribution in [2.75, 3.05) is 0 Å². The van der Waals surface area contributed by atoms with Crippen molar-refractivity contribution in [1.82, 2.24) is 14.9 Å². The molecule has 0 unspecified atom stereocenters. The smallest absolute Gasteiger partial charge is 0.296 e. The second kappa shape index (κ2) is 7.25. The lowest BCUT2D eigenvalue weighted by Crippen LogP contribution is -2.22. The Hall–Kier alpha value is -1.70. The van der Waals surface area contributed by atoms with Crippen LogP contribution < -0.4 is 10.3 Å². The normalized spacial score (nSPS) is 11.4. The van der Waals surface area contributed by atoms with E-state index in [1.165, 1.54) is 6.21 Å². The fourth-order valence-corrected chi connectivity index (χ4v) is 2.47. The summed E-state index contributed by atoms with van der Waals surface area (Å²) in [6.07, 6.45) is 1.38. The van der Waals surface area contributed by atoms with Gasteiger partial charge in [0.25, 0.3) is 5.56 Å². The lowest BCUT2D eigenvalue weighted by Gasteiger charge is -2.13. The number of aromatic nitrogens is 3. The highest BCUT2D eigenvalue weighted by Gasteiger charge is 2.11. The van der Waals surface area contributed by atoms with Crippen LogP contribution in [-0.4, -0.2) is 27.2 Å². The van der Waals surface area contributed by atoms with Crippen LogP contribution in [0.15, 0.2) is 22.0 Å². The van der Waals surface area contributed by atoms with Gasteiger partial charge in [-0.2, -0.15) is 14.9 Å². The number of nitrogens with zero attached hydrogens (tertiary/aromatic N) is 3. The van der Waals surface area contributed by atoms with E-state index in [9.17, 15) is 4.79 Å². The molecule has 1 aromatic heterocycles. The highest BCUT2D eigenvalue weighted by Crippen LogP contribution is 2.34. The second-order valence-corrected chi connectivity index (χ2v) is 6.16. The summed E-state index contributed by atoms with van der Waals surface area (Å²) in [4.78, 5) is 11.9. The molecule has 2 aromatic rings. The van der Waals surface area contributed by atoms with Crippen molar-refractivity contribution in [2.24, 2.45) is 5.10 Å². The molecule has 122 valence electrons.